The lowest BCUT2D eigenvalue weighted by atomic mass is 10.1. The summed E-state index contributed by atoms with van der Waals surface area (Å²) >= 11 is 0. The van der Waals surface area contributed by atoms with Gasteiger partial charge in [-0.3, -0.25) is 0 Å². The Morgan fingerprint density at radius 3 is 2.61 bits per heavy atom. The van der Waals surface area contributed by atoms with Crippen molar-refractivity contribution < 1.29 is 0 Å². The molecule has 0 saturated heterocycles. The zero-order valence-corrected chi connectivity index (χ0v) is 11.1. The molecule has 0 aliphatic rings. The highest BCUT2D eigenvalue weighted by molar-refractivity contribution is 5.65. The minimum absolute atomic E-state index is 0.204. The van der Waals surface area contributed by atoms with Crippen molar-refractivity contribution in [1.29, 1.82) is 0 Å². The molecule has 0 fully saturated rings. The number of benzene rings is 1. The molecule has 0 radical (unpaired) electrons. The van der Waals surface area contributed by atoms with E-state index < -0.39 is 0 Å². The van der Waals surface area contributed by atoms with E-state index in [-0.39, 0.29) is 6.04 Å². The third-order valence-corrected chi connectivity index (χ3v) is 3.13. The molecule has 0 spiro atoms. The van der Waals surface area contributed by atoms with E-state index in [1.807, 2.05) is 29.8 Å². The highest BCUT2D eigenvalue weighted by Gasteiger charge is 2.14. The zero-order chi connectivity index (χ0) is 13.1. The Morgan fingerprint density at radius 2 is 2.00 bits per heavy atom. The molecule has 0 bridgehead atoms. The first-order valence-electron chi connectivity index (χ1n) is 6.27. The molecular weight excluding hydrogens is 224 g/mol. The van der Waals surface area contributed by atoms with Crippen LogP contribution in [0.25, 0.3) is 0 Å². The van der Waals surface area contributed by atoms with Gasteiger partial charge in [0.2, 0.25) is 0 Å². The maximum Gasteiger partial charge on any atom is 0.148 e. The van der Waals surface area contributed by atoms with E-state index in [4.69, 9.17) is 5.73 Å². The smallest absolute Gasteiger partial charge is 0.148 e. The minimum atomic E-state index is 0.204. The van der Waals surface area contributed by atoms with Gasteiger partial charge in [0.1, 0.15) is 5.82 Å². The van der Waals surface area contributed by atoms with Gasteiger partial charge in [0.25, 0.3) is 0 Å². The summed E-state index contributed by atoms with van der Waals surface area (Å²) in [6.07, 6.45) is 0. The largest absolute Gasteiger partial charge is 0.394 e. The number of hydrogen-bond donors (Lipinski definition) is 2. The maximum atomic E-state index is 6.06. The lowest BCUT2D eigenvalue weighted by Gasteiger charge is -2.17. The van der Waals surface area contributed by atoms with E-state index in [2.05, 4.69) is 36.4 Å². The van der Waals surface area contributed by atoms with E-state index in [0.29, 0.717) is 0 Å². The number of rotatable bonds is 4. The molecule has 4 heteroatoms. The standard InChI is InChI=1S/C14H20N4/c1-4-18-14(13(15)11(3)17-18)16-10(2)12-8-6-5-7-9-12/h5-10,16H,4,15H2,1-3H3. The van der Waals surface area contributed by atoms with Gasteiger partial charge in [-0.15, -0.1) is 0 Å². The molecular formula is C14H20N4. The van der Waals surface area contributed by atoms with Crippen molar-refractivity contribution >= 4 is 11.5 Å². The minimum Gasteiger partial charge on any atom is -0.394 e. The fourth-order valence-electron chi connectivity index (χ4n) is 2.01. The van der Waals surface area contributed by atoms with Crippen LogP contribution in [-0.4, -0.2) is 9.78 Å². The summed E-state index contributed by atoms with van der Waals surface area (Å²) in [5.74, 6) is 0.909. The molecule has 1 unspecified atom stereocenters. The fraction of sp³-hybridized carbons (Fsp3) is 0.357. The quantitative estimate of drug-likeness (QED) is 0.869. The number of nitrogens with one attached hydrogen (secondary N) is 1. The number of nitrogens with two attached hydrogens (primary N) is 1. The first-order chi connectivity index (χ1) is 8.63. The highest BCUT2D eigenvalue weighted by Crippen LogP contribution is 2.26. The van der Waals surface area contributed by atoms with Gasteiger partial charge < -0.3 is 11.1 Å². The van der Waals surface area contributed by atoms with Gasteiger partial charge >= 0.3 is 0 Å². The average molecular weight is 244 g/mol. The number of aryl methyl sites for hydroxylation is 2. The van der Waals surface area contributed by atoms with Gasteiger partial charge in [0.05, 0.1) is 17.4 Å². The third-order valence-electron chi connectivity index (χ3n) is 3.13. The summed E-state index contributed by atoms with van der Waals surface area (Å²) in [6, 6.07) is 10.5. The molecule has 96 valence electrons. The molecule has 2 rings (SSSR count). The molecule has 0 aliphatic heterocycles. The molecule has 18 heavy (non-hydrogen) atoms. The Kier molecular flexibility index (Phi) is 3.55. The van der Waals surface area contributed by atoms with Crippen LogP contribution in [-0.2, 0) is 6.54 Å². The predicted octanol–water partition coefficient (Wildman–Crippen LogP) is 2.97. The fourth-order valence-corrected chi connectivity index (χ4v) is 2.01. The van der Waals surface area contributed by atoms with Crippen LogP contribution >= 0.6 is 0 Å². The molecule has 0 aliphatic carbocycles. The van der Waals surface area contributed by atoms with Crippen LogP contribution < -0.4 is 11.1 Å². The second kappa shape index (κ2) is 5.12. The molecule has 1 aromatic heterocycles. The Labute approximate surface area is 108 Å². The molecule has 0 amide bonds. The van der Waals surface area contributed by atoms with E-state index >= 15 is 0 Å². The monoisotopic (exact) mass is 244 g/mol. The second-order valence-corrected chi connectivity index (χ2v) is 4.44. The maximum absolute atomic E-state index is 6.06. The zero-order valence-electron chi connectivity index (χ0n) is 11.1. The first-order valence-corrected chi connectivity index (χ1v) is 6.27. The SMILES string of the molecule is CCn1nc(C)c(N)c1NC(C)c1ccccc1. The van der Waals surface area contributed by atoms with E-state index in [9.17, 15) is 0 Å². The third kappa shape index (κ3) is 2.32. The van der Waals surface area contributed by atoms with E-state index in [1.165, 1.54) is 5.56 Å². The average Bonchev–Trinajstić information content (AvgIpc) is 2.67. The van der Waals surface area contributed by atoms with Gasteiger partial charge in [0, 0.05) is 6.54 Å². The number of anilines is 2. The van der Waals surface area contributed by atoms with Gasteiger partial charge in [0.15, 0.2) is 0 Å². The highest BCUT2D eigenvalue weighted by atomic mass is 15.3. The van der Waals surface area contributed by atoms with Gasteiger partial charge in [-0.1, -0.05) is 30.3 Å². The Balaban J connectivity index is 2.24. The molecule has 2 aromatic rings. The summed E-state index contributed by atoms with van der Waals surface area (Å²) in [5, 5.41) is 7.85. The summed E-state index contributed by atoms with van der Waals surface area (Å²) in [4.78, 5) is 0. The van der Waals surface area contributed by atoms with Crippen LogP contribution in [0.2, 0.25) is 0 Å². The van der Waals surface area contributed by atoms with Gasteiger partial charge in [-0.2, -0.15) is 5.10 Å². The van der Waals surface area contributed by atoms with Crippen molar-refractivity contribution in [3.8, 4) is 0 Å². The van der Waals surface area contributed by atoms with Crippen LogP contribution in [0.1, 0.15) is 31.1 Å². The van der Waals surface area contributed by atoms with Crippen LogP contribution in [0, 0.1) is 6.92 Å². The van der Waals surface area contributed by atoms with Crippen molar-refractivity contribution in [1.82, 2.24) is 9.78 Å². The molecule has 3 N–H and O–H groups in total. The second-order valence-electron chi connectivity index (χ2n) is 4.44. The molecule has 0 saturated carbocycles. The summed E-state index contributed by atoms with van der Waals surface area (Å²) < 4.78 is 1.91. The van der Waals surface area contributed by atoms with Crippen LogP contribution in [0.3, 0.4) is 0 Å². The Morgan fingerprint density at radius 1 is 1.33 bits per heavy atom. The predicted molar refractivity (Wildman–Crippen MR) is 75.5 cm³/mol. The molecule has 4 nitrogen and oxygen atoms in total. The van der Waals surface area contributed by atoms with Crippen molar-refractivity contribution in [3.05, 3.63) is 41.6 Å². The van der Waals surface area contributed by atoms with Crippen molar-refractivity contribution in [3.63, 3.8) is 0 Å². The van der Waals surface area contributed by atoms with Crippen LogP contribution in [0.4, 0.5) is 11.5 Å². The van der Waals surface area contributed by atoms with Crippen molar-refractivity contribution in [2.75, 3.05) is 11.1 Å². The van der Waals surface area contributed by atoms with Gasteiger partial charge in [-0.05, 0) is 26.3 Å². The van der Waals surface area contributed by atoms with Crippen molar-refractivity contribution in [2.45, 2.75) is 33.4 Å². The summed E-state index contributed by atoms with van der Waals surface area (Å²) in [7, 11) is 0. The summed E-state index contributed by atoms with van der Waals surface area (Å²) in [6.45, 7) is 6.92. The molecule has 1 heterocycles. The number of nitrogen functional groups attached to an aromatic ring is 1. The molecule has 1 aromatic carbocycles. The number of aromatic nitrogens is 2. The Bertz CT molecular complexity index is 516. The topological polar surface area (TPSA) is 55.9 Å². The normalized spacial score (nSPS) is 12.4. The van der Waals surface area contributed by atoms with Gasteiger partial charge in [-0.25, -0.2) is 4.68 Å². The lowest BCUT2D eigenvalue weighted by Crippen LogP contribution is -2.12. The van der Waals surface area contributed by atoms with Crippen molar-refractivity contribution in [2.24, 2.45) is 0 Å². The number of hydrogen-bond acceptors (Lipinski definition) is 3. The van der Waals surface area contributed by atoms with Crippen LogP contribution in [0.5, 0.6) is 0 Å². The first kappa shape index (κ1) is 12.5. The number of nitrogens with zero attached hydrogens (tertiary/aromatic N) is 2. The Hall–Kier alpha value is -1.97. The van der Waals surface area contributed by atoms with E-state index in [1.54, 1.807) is 0 Å². The molecule has 1 atom stereocenters. The lowest BCUT2D eigenvalue weighted by molar-refractivity contribution is 0.651. The van der Waals surface area contributed by atoms with E-state index in [0.717, 1.165) is 23.7 Å². The van der Waals surface area contributed by atoms with Crippen LogP contribution in [0.15, 0.2) is 30.3 Å². The summed E-state index contributed by atoms with van der Waals surface area (Å²) in [5.41, 5.74) is 8.90.